The number of carboxylic acid groups (broad SMARTS) is 1. The molecule has 2 heterocycles. The van der Waals surface area contributed by atoms with E-state index in [1.165, 1.54) is 4.52 Å². The Labute approximate surface area is 136 Å². The summed E-state index contributed by atoms with van der Waals surface area (Å²) in [5, 5.41) is 24.8. The molecule has 0 aliphatic heterocycles. The zero-order chi connectivity index (χ0) is 17.3. The van der Waals surface area contributed by atoms with E-state index in [4.69, 9.17) is 10.2 Å². The number of halogens is 2. The number of aromatic nitrogens is 3. The van der Waals surface area contributed by atoms with Crippen LogP contribution in [0, 0.1) is 5.92 Å². The Balaban J connectivity index is 1.89. The van der Waals surface area contributed by atoms with Crippen LogP contribution >= 0.6 is 0 Å². The molecule has 1 aliphatic rings. The van der Waals surface area contributed by atoms with Gasteiger partial charge >= 0.3 is 6.09 Å². The third-order valence-electron chi connectivity index (χ3n) is 4.39. The van der Waals surface area contributed by atoms with Crippen molar-refractivity contribution in [2.24, 2.45) is 5.92 Å². The van der Waals surface area contributed by atoms with Gasteiger partial charge in [0.25, 0.3) is 0 Å². The maximum Gasteiger partial charge on any atom is 0.405 e. The van der Waals surface area contributed by atoms with Crippen molar-refractivity contribution < 1.29 is 23.8 Å². The van der Waals surface area contributed by atoms with Crippen molar-refractivity contribution in [3.63, 3.8) is 0 Å². The van der Waals surface area contributed by atoms with Crippen LogP contribution < -0.4 is 5.32 Å². The molecule has 2 aromatic rings. The average Bonchev–Trinajstić information content (AvgIpc) is 2.95. The van der Waals surface area contributed by atoms with Gasteiger partial charge in [0.05, 0.1) is 30.2 Å². The molecular weight excluding hydrogens is 322 g/mol. The summed E-state index contributed by atoms with van der Waals surface area (Å²) >= 11 is 0. The minimum absolute atomic E-state index is 0.223. The fraction of sp³-hybridized carbons (Fsp3) is 0.533. The molecule has 0 spiro atoms. The van der Waals surface area contributed by atoms with Crippen LogP contribution in [0.15, 0.2) is 18.3 Å². The minimum Gasteiger partial charge on any atom is -0.465 e. The van der Waals surface area contributed by atoms with Crippen LogP contribution in [0.3, 0.4) is 0 Å². The van der Waals surface area contributed by atoms with E-state index in [1.807, 2.05) is 0 Å². The van der Waals surface area contributed by atoms with Crippen molar-refractivity contribution in [3.05, 3.63) is 29.7 Å². The van der Waals surface area contributed by atoms with E-state index in [-0.39, 0.29) is 38.2 Å². The molecule has 24 heavy (non-hydrogen) atoms. The number of nitrogens with zero attached hydrogens (tertiary/aromatic N) is 3. The van der Waals surface area contributed by atoms with Crippen molar-refractivity contribution in [1.82, 2.24) is 19.9 Å². The quantitative estimate of drug-likeness (QED) is 0.793. The Hall–Kier alpha value is -2.29. The Kier molecular flexibility index (Phi) is 4.35. The van der Waals surface area contributed by atoms with Crippen LogP contribution in [0.4, 0.5) is 13.6 Å². The molecule has 7 nitrogen and oxygen atoms in total. The predicted molar refractivity (Wildman–Crippen MR) is 79.7 cm³/mol. The molecule has 130 valence electrons. The van der Waals surface area contributed by atoms with Crippen LogP contribution in [0.25, 0.3) is 5.65 Å². The van der Waals surface area contributed by atoms with Crippen LogP contribution in [-0.2, 0) is 6.61 Å². The molecule has 0 aromatic carbocycles. The monoisotopic (exact) mass is 340 g/mol. The second-order valence-corrected chi connectivity index (χ2v) is 6.07. The first kappa shape index (κ1) is 16.6. The second-order valence-electron chi connectivity index (χ2n) is 6.07. The molecule has 1 atom stereocenters. The Morgan fingerprint density at radius 3 is 2.75 bits per heavy atom. The van der Waals surface area contributed by atoms with Gasteiger partial charge in [0, 0.05) is 12.8 Å². The van der Waals surface area contributed by atoms with E-state index in [2.05, 4.69) is 15.4 Å². The van der Waals surface area contributed by atoms with Crippen LogP contribution in [0.1, 0.15) is 43.1 Å². The molecule has 0 bridgehead atoms. The molecule has 0 saturated heterocycles. The first-order chi connectivity index (χ1) is 11.4. The number of aliphatic hydroxyl groups excluding tert-OH is 1. The van der Waals surface area contributed by atoms with E-state index >= 15 is 0 Å². The largest absolute Gasteiger partial charge is 0.465 e. The Bertz CT molecular complexity index is 739. The summed E-state index contributed by atoms with van der Waals surface area (Å²) in [7, 11) is 0. The maximum absolute atomic E-state index is 13.4. The topological polar surface area (TPSA) is 99.8 Å². The third kappa shape index (κ3) is 3.45. The second kappa shape index (κ2) is 6.31. The summed E-state index contributed by atoms with van der Waals surface area (Å²) < 4.78 is 28.2. The van der Waals surface area contributed by atoms with Gasteiger partial charge in [0.15, 0.2) is 5.65 Å². The van der Waals surface area contributed by atoms with Gasteiger partial charge in [-0.15, -0.1) is 0 Å². The van der Waals surface area contributed by atoms with E-state index in [1.54, 1.807) is 18.3 Å². The smallest absolute Gasteiger partial charge is 0.405 e. The lowest BCUT2D eigenvalue weighted by Gasteiger charge is -2.32. The number of carbonyl (C=O) groups is 1. The van der Waals surface area contributed by atoms with Crippen LogP contribution in [0.2, 0.25) is 0 Å². The molecule has 1 saturated carbocycles. The number of imidazole rings is 1. The number of aliphatic hydroxyl groups is 1. The summed E-state index contributed by atoms with van der Waals surface area (Å²) in [4.78, 5) is 15.5. The molecule has 3 N–H and O–H groups in total. The first-order valence-electron chi connectivity index (χ1n) is 7.71. The van der Waals surface area contributed by atoms with Crippen molar-refractivity contribution in [2.45, 2.75) is 44.3 Å². The number of hydrogen-bond acceptors (Lipinski definition) is 4. The standard InChI is InChI=1S/C15H18F2N4O3/c16-15(17)5-3-9(4-6-15)13(19-14(23)24)11-7-21-12(18-11)2-1-10(8-22)20-21/h1-2,7,9,13,19,22H,3-6,8H2,(H,23,24)/t13-/m0/s1. The van der Waals surface area contributed by atoms with E-state index in [9.17, 15) is 13.6 Å². The minimum atomic E-state index is -2.68. The first-order valence-corrected chi connectivity index (χ1v) is 7.71. The maximum atomic E-state index is 13.4. The van der Waals surface area contributed by atoms with Gasteiger partial charge in [-0.3, -0.25) is 0 Å². The molecule has 2 aromatic heterocycles. The zero-order valence-electron chi connectivity index (χ0n) is 12.8. The number of rotatable bonds is 4. The average molecular weight is 340 g/mol. The lowest BCUT2D eigenvalue weighted by molar-refractivity contribution is -0.0495. The summed E-state index contributed by atoms with van der Waals surface area (Å²) in [6.45, 7) is -0.224. The Morgan fingerprint density at radius 2 is 2.12 bits per heavy atom. The molecule has 0 unspecified atom stereocenters. The molecule has 0 radical (unpaired) electrons. The number of fused-ring (bicyclic) bond motifs is 1. The third-order valence-corrected chi connectivity index (χ3v) is 4.39. The summed E-state index contributed by atoms with van der Waals surface area (Å²) in [6, 6.07) is 2.61. The summed E-state index contributed by atoms with van der Waals surface area (Å²) in [6.07, 6.45) is 0.286. The molecule has 1 fully saturated rings. The van der Waals surface area contributed by atoms with Crippen molar-refractivity contribution in [1.29, 1.82) is 0 Å². The van der Waals surface area contributed by atoms with Gasteiger partial charge in [0.1, 0.15) is 0 Å². The molecule has 1 aliphatic carbocycles. The van der Waals surface area contributed by atoms with Gasteiger partial charge < -0.3 is 15.5 Å². The zero-order valence-corrected chi connectivity index (χ0v) is 12.8. The fourth-order valence-electron chi connectivity index (χ4n) is 3.14. The highest BCUT2D eigenvalue weighted by Gasteiger charge is 2.39. The van der Waals surface area contributed by atoms with Crippen molar-refractivity contribution in [2.75, 3.05) is 0 Å². The summed E-state index contributed by atoms with van der Waals surface area (Å²) in [5.41, 5.74) is 1.39. The molecule has 9 heteroatoms. The van der Waals surface area contributed by atoms with E-state index < -0.39 is 18.1 Å². The molecule has 1 amide bonds. The lowest BCUT2D eigenvalue weighted by atomic mass is 9.81. The normalized spacial score (nSPS) is 19.3. The molecular formula is C15H18F2N4O3. The highest BCUT2D eigenvalue weighted by molar-refractivity contribution is 5.65. The SMILES string of the molecule is O=C(O)N[C@H](c1cn2nc(CO)ccc2n1)C1CCC(F)(F)CC1. The van der Waals surface area contributed by atoms with Gasteiger partial charge in [-0.2, -0.15) is 5.10 Å². The van der Waals surface area contributed by atoms with E-state index in [0.29, 0.717) is 17.0 Å². The molecule has 3 rings (SSSR count). The highest BCUT2D eigenvalue weighted by Crippen LogP contribution is 2.41. The van der Waals surface area contributed by atoms with Crippen molar-refractivity contribution in [3.8, 4) is 0 Å². The van der Waals surface area contributed by atoms with Gasteiger partial charge in [-0.05, 0) is 30.9 Å². The van der Waals surface area contributed by atoms with E-state index in [0.717, 1.165) is 0 Å². The van der Waals surface area contributed by atoms with Gasteiger partial charge in [-0.25, -0.2) is 23.1 Å². The number of alkyl halides is 2. The number of hydrogen-bond donors (Lipinski definition) is 3. The lowest BCUT2D eigenvalue weighted by Crippen LogP contribution is -2.36. The van der Waals surface area contributed by atoms with Crippen LogP contribution in [-0.4, -0.2) is 36.8 Å². The van der Waals surface area contributed by atoms with Gasteiger partial charge in [-0.1, -0.05) is 0 Å². The highest BCUT2D eigenvalue weighted by atomic mass is 19.3. The van der Waals surface area contributed by atoms with Gasteiger partial charge in [0.2, 0.25) is 5.92 Å². The van der Waals surface area contributed by atoms with Crippen LogP contribution in [0.5, 0.6) is 0 Å². The summed E-state index contributed by atoms with van der Waals surface area (Å²) in [5.74, 6) is -2.93. The number of nitrogens with one attached hydrogen (secondary N) is 1. The van der Waals surface area contributed by atoms with Crippen molar-refractivity contribution >= 4 is 11.7 Å². The predicted octanol–water partition coefficient (Wildman–Crippen LogP) is 2.36. The number of amides is 1. The Morgan fingerprint density at radius 1 is 1.42 bits per heavy atom. The fourth-order valence-corrected chi connectivity index (χ4v) is 3.14.